The third kappa shape index (κ3) is 1.83. The molecule has 1 unspecified atom stereocenters. The van der Waals surface area contributed by atoms with Gasteiger partial charge < -0.3 is 9.47 Å². The molecule has 0 spiro atoms. The topological polar surface area (TPSA) is 35.5 Å². The molecule has 1 saturated heterocycles. The van der Waals surface area contributed by atoms with Crippen molar-refractivity contribution in [3.63, 3.8) is 0 Å². The van der Waals surface area contributed by atoms with Gasteiger partial charge in [-0.15, -0.1) is 0 Å². The van der Waals surface area contributed by atoms with Gasteiger partial charge in [0, 0.05) is 12.8 Å². The summed E-state index contributed by atoms with van der Waals surface area (Å²) in [5.41, 5.74) is 0.858. The SMILES string of the molecule is CCC1(CC)OC(=O)C(c2ccccc2)O1. The minimum atomic E-state index is -0.725. The van der Waals surface area contributed by atoms with E-state index in [1.54, 1.807) is 0 Å². The zero-order valence-corrected chi connectivity index (χ0v) is 9.60. The Bertz CT molecular complexity index is 368. The Morgan fingerprint density at radius 1 is 1.19 bits per heavy atom. The zero-order valence-electron chi connectivity index (χ0n) is 9.60. The molecule has 1 aliphatic heterocycles. The average molecular weight is 220 g/mol. The molecule has 2 rings (SSSR count). The van der Waals surface area contributed by atoms with Gasteiger partial charge >= 0.3 is 5.97 Å². The maximum atomic E-state index is 11.8. The van der Waals surface area contributed by atoms with E-state index in [0.717, 1.165) is 5.56 Å². The third-order valence-corrected chi connectivity index (χ3v) is 3.01. The van der Waals surface area contributed by atoms with E-state index in [-0.39, 0.29) is 5.97 Å². The quantitative estimate of drug-likeness (QED) is 0.735. The Morgan fingerprint density at radius 3 is 2.31 bits per heavy atom. The molecular weight excluding hydrogens is 204 g/mol. The summed E-state index contributed by atoms with van der Waals surface area (Å²) in [6.45, 7) is 3.92. The van der Waals surface area contributed by atoms with E-state index in [9.17, 15) is 4.79 Å². The van der Waals surface area contributed by atoms with Crippen LogP contribution in [0.3, 0.4) is 0 Å². The van der Waals surface area contributed by atoms with Crippen molar-refractivity contribution in [3.05, 3.63) is 35.9 Å². The highest BCUT2D eigenvalue weighted by Crippen LogP contribution is 2.38. The summed E-state index contributed by atoms with van der Waals surface area (Å²) in [7, 11) is 0. The van der Waals surface area contributed by atoms with E-state index in [1.165, 1.54) is 0 Å². The molecule has 1 atom stereocenters. The summed E-state index contributed by atoms with van der Waals surface area (Å²) in [4.78, 5) is 11.8. The molecular formula is C13H16O3. The molecule has 3 nitrogen and oxygen atoms in total. The molecule has 1 heterocycles. The van der Waals surface area contributed by atoms with Crippen LogP contribution >= 0.6 is 0 Å². The van der Waals surface area contributed by atoms with Crippen LogP contribution in [0, 0.1) is 0 Å². The minimum absolute atomic E-state index is 0.282. The number of carbonyl (C=O) groups is 1. The number of carbonyl (C=O) groups excluding carboxylic acids is 1. The van der Waals surface area contributed by atoms with Gasteiger partial charge in [0.25, 0.3) is 0 Å². The van der Waals surface area contributed by atoms with Crippen molar-refractivity contribution in [2.45, 2.75) is 38.6 Å². The number of esters is 1. The van der Waals surface area contributed by atoms with Gasteiger partial charge in [-0.25, -0.2) is 4.79 Å². The summed E-state index contributed by atoms with van der Waals surface area (Å²) in [5, 5.41) is 0. The Balaban J connectivity index is 2.23. The highest BCUT2D eigenvalue weighted by Gasteiger charge is 2.46. The number of cyclic esters (lactones) is 1. The van der Waals surface area contributed by atoms with Gasteiger partial charge in [0.1, 0.15) is 0 Å². The fraction of sp³-hybridized carbons (Fsp3) is 0.462. The van der Waals surface area contributed by atoms with Crippen molar-refractivity contribution >= 4 is 5.97 Å². The van der Waals surface area contributed by atoms with Crippen LogP contribution in [-0.2, 0) is 14.3 Å². The van der Waals surface area contributed by atoms with Gasteiger partial charge in [-0.3, -0.25) is 0 Å². The van der Waals surface area contributed by atoms with Crippen LogP contribution in [0.5, 0.6) is 0 Å². The molecule has 0 aromatic heterocycles. The Morgan fingerprint density at radius 2 is 1.81 bits per heavy atom. The summed E-state index contributed by atoms with van der Waals surface area (Å²) < 4.78 is 11.1. The molecule has 86 valence electrons. The second kappa shape index (κ2) is 4.26. The first-order chi connectivity index (χ1) is 7.71. The number of ether oxygens (including phenoxy) is 2. The van der Waals surface area contributed by atoms with E-state index in [0.29, 0.717) is 12.8 Å². The fourth-order valence-electron chi connectivity index (χ4n) is 1.92. The molecule has 0 amide bonds. The Hall–Kier alpha value is -1.35. The number of hydrogen-bond donors (Lipinski definition) is 0. The highest BCUT2D eigenvalue weighted by atomic mass is 16.8. The minimum Gasteiger partial charge on any atom is -0.431 e. The van der Waals surface area contributed by atoms with Crippen LogP contribution in [-0.4, -0.2) is 11.8 Å². The monoisotopic (exact) mass is 220 g/mol. The Kier molecular flexibility index (Phi) is 2.97. The maximum Gasteiger partial charge on any atom is 0.342 e. The van der Waals surface area contributed by atoms with Gasteiger partial charge in [-0.05, 0) is 5.56 Å². The predicted octanol–water partition coefficient (Wildman–Crippen LogP) is 2.82. The maximum absolute atomic E-state index is 11.8. The van der Waals surface area contributed by atoms with Crippen LogP contribution in [0.1, 0.15) is 38.4 Å². The second-order valence-electron chi connectivity index (χ2n) is 3.95. The van der Waals surface area contributed by atoms with E-state index < -0.39 is 11.9 Å². The zero-order chi connectivity index (χ0) is 11.6. The van der Waals surface area contributed by atoms with Gasteiger partial charge in [-0.2, -0.15) is 0 Å². The lowest BCUT2D eigenvalue weighted by atomic mass is 10.1. The Labute approximate surface area is 95.4 Å². The van der Waals surface area contributed by atoms with Gasteiger partial charge in [0.05, 0.1) is 0 Å². The molecule has 3 heteroatoms. The van der Waals surface area contributed by atoms with Crippen molar-refractivity contribution in [3.8, 4) is 0 Å². The molecule has 0 N–H and O–H groups in total. The van der Waals surface area contributed by atoms with Crippen molar-refractivity contribution in [2.24, 2.45) is 0 Å². The van der Waals surface area contributed by atoms with E-state index in [4.69, 9.17) is 9.47 Å². The van der Waals surface area contributed by atoms with E-state index >= 15 is 0 Å². The first kappa shape index (κ1) is 11.1. The van der Waals surface area contributed by atoms with Gasteiger partial charge in [0.15, 0.2) is 6.10 Å². The van der Waals surface area contributed by atoms with Crippen molar-refractivity contribution in [1.29, 1.82) is 0 Å². The molecule has 0 aliphatic carbocycles. The number of hydrogen-bond acceptors (Lipinski definition) is 3. The lowest BCUT2D eigenvalue weighted by molar-refractivity contribution is -0.180. The predicted molar refractivity (Wildman–Crippen MR) is 59.7 cm³/mol. The molecule has 1 aromatic rings. The van der Waals surface area contributed by atoms with Crippen molar-refractivity contribution in [1.82, 2.24) is 0 Å². The van der Waals surface area contributed by atoms with E-state index in [2.05, 4.69) is 0 Å². The van der Waals surface area contributed by atoms with Crippen molar-refractivity contribution < 1.29 is 14.3 Å². The summed E-state index contributed by atoms with van der Waals surface area (Å²) >= 11 is 0. The van der Waals surface area contributed by atoms with Crippen LogP contribution in [0.2, 0.25) is 0 Å². The molecule has 0 radical (unpaired) electrons. The fourth-order valence-corrected chi connectivity index (χ4v) is 1.92. The van der Waals surface area contributed by atoms with Crippen molar-refractivity contribution in [2.75, 3.05) is 0 Å². The third-order valence-electron chi connectivity index (χ3n) is 3.01. The number of benzene rings is 1. The first-order valence-electron chi connectivity index (χ1n) is 5.66. The van der Waals surface area contributed by atoms with E-state index in [1.807, 2.05) is 44.2 Å². The lowest BCUT2D eigenvalue weighted by Gasteiger charge is -2.23. The summed E-state index contributed by atoms with van der Waals surface area (Å²) in [5.74, 6) is -1.01. The van der Waals surface area contributed by atoms with Crippen LogP contribution < -0.4 is 0 Å². The molecule has 0 saturated carbocycles. The smallest absolute Gasteiger partial charge is 0.342 e. The van der Waals surface area contributed by atoms with Crippen LogP contribution in [0.4, 0.5) is 0 Å². The molecule has 0 bridgehead atoms. The van der Waals surface area contributed by atoms with Gasteiger partial charge in [-0.1, -0.05) is 44.2 Å². The standard InChI is InChI=1S/C13H16O3/c1-3-13(4-2)15-11(12(14)16-13)10-8-6-5-7-9-10/h5-9,11H,3-4H2,1-2H3. The first-order valence-corrected chi connectivity index (χ1v) is 5.66. The molecule has 16 heavy (non-hydrogen) atoms. The average Bonchev–Trinajstić information content (AvgIpc) is 2.69. The number of rotatable bonds is 3. The highest BCUT2D eigenvalue weighted by molar-refractivity contribution is 5.78. The lowest BCUT2D eigenvalue weighted by Crippen LogP contribution is -2.28. The second-order valence-corrected chi connectivity index (χ2v) is 3.95. The summed E-state index contributed by atoms with van der Waals surface area (Å²) in [6.07, 6.45) is 0.790. The molecule has 1 aliphatic rings. The molecule has 1 fully saturated rings. The molecule has 1 aromatic carbocycles. The largest absolute Gasteiger partial charge is 0.431 e. The van der Waals surface area contributed by atoms with Crippen LogP contribution in [0.15, 0.2) is 30.3 Å². The summed E-state index contributed by atoms with van der Waals surface area (Å²) in [6, 6.07) is 9.46. The van der Waals surface area contributed by atoms with Gasteiger partial charge in [0.2, 0.25) is 5.79 Å². The van der Waals surface area contributed by atoms with Crippen LogP contribution in [0.25, 0.3) is 0 Å². The normalized spacial score (nSPS) is 23.1.